The van der Waals surface area contributed by atoms with Crippen LogP contribution in [0.3, 0.4) is 0 Å². The number of anilines is 1. The van der Waals surface area contributed by atoms with Crippen LogP contribution in [0.15, 0.2) is 53.5 Å². The Kier molecular flexibility index (Phi) is 5.04. The Morgan fingerprint density at radius 2 is 1.77 bits per heavy atom. The molecule has 1 amide bonds. The summed E-state index contributed by atoms with van der Waals surface area (Å²) in [5.41, 5.74) is -0.364. The van der Waals surface area contributed by atoms with E-state index < -0.39 is 28.6 Å². The van der Waals surface area contributed by atoms with Gasteiger partial charge in [0, 0.05) is 23.9 Å². The highest BCUT2D eigenvalue weighted by molar-refractivity contribution is 6.08. The molecule has 9 nitrogen and oxygen atoms in total. The molecule has 2 heterocycles. The molecule has 4 rings (SSSR count). The lowest BCUT2D eigenvalue weighted by Gasteiger charge is -2.11. The number of aromatic hydroxyl groups is 1. The van der Waals surface area contributed by atoms with E-state index in [9.17, 15) is 19.1 Å². The van der Waals surface area contributed by atoms with Gasteiger partial charge in [-0.3, -0.25) is 9.59 Å². The summed E-state index contributed by atoms with van der Waals surface area (Å²) < 4.78 is 24.8. The fourth-order valence-corrected chi connectivity index (χ4v) is 3.12. The lowest BCUT2D eigenvalue weighted by Crippen LogP contribution is -2.23. The zero-order valence-corrected chi connectivity index (χ0v) is 16.5. The second-order valence-corrected chi connectivity index (χ2v) is 6.53. The van der Waals surface area contributed by atoms with Crippen molar-refractivity contribution in [3.05, 3.63) is 70.4 Å². The topological polar surface area (TPSA) is 118 Å². The number of H-pyrrole nitrogens is 1. The molecule has 4 aromatic rings. The van der Waals surface area contributed by atoms with Gasteiger partial charge in [-0.1, -0.05) is 0 Å². The average Bonchev–Trinajstić information content (AvgIpc) is 3.18. The Morgan fingerprint density at radius 3 is 2.39 bits per heavy atom. The van der Waals surface area contributed by atoms with E-state index in [1.165, 1.54) is 61.5 Å². The highest BCUT2D eigenvalue weighted by Crippen LogP contribution is 2.29. The Bertz CT molecular complexity index is 1320. The minimum atomic E-state index is -0.828. The summed E-state index contributed by atoms with van der Waals surface area (Å²) in [5, 5.41) is 17.5. The van der Waals surface area contributed by atoms with Crippen LogP contribution in [-0.4, -0.2) is 40.0 Å². The van der Waals surface area contributed by atoms with E-state index in [4.69, 9.17) is 9.47 Å². The van der Waals surface area contributed by atoms with Crippen LogP contribution < -0.4 is 20.3 Å². The van der Waals surface area contributed by atoms with Crippen LogP contribution in [0, 0.1) is 5.82 Å². The standard InChI is InChI=1S/C21H17FN4O5/c1-30-14-7-12(8-15(9-14)31-2)24-20(28)17-18(27)16-10-23-26(19(16)25-21(17)29)13-5-3-11(22)4-6-13/h3-10H,1-2H3,(H,24,28)(H2,25,27,29). The maximum absolute atomic E-state index is 13.2. The number of methoxy groups -OCH3 is 2. The van der Waals surface area contributed by atoms with Crippen molar-refractivity contribution in [3.63, 3.8) is 0 Å². The number of benzene rings is 2. The molecule has 0 bridgehead atoms. The molecule has 31 heavy (non-hydrogen) atoms. The first-order chi connectivity index (χ1) is 14.9. The van der Waals surface area contributed by atoms with Crippen LogP contribution in [0.4, 0.5) is 10.1 Å². The molecular formula is C21H17FN4O5. The third kappa shape index (κ3) is 3.66. The maximum Gasteiger partial charge on any atom is 0.266 e. The SMILES string of the molecule is COc1cc(NC(=O)c2c(O)c3cnn(-c4ccc(F)cc4)c3[nH]c2=O)cc(OC)c1. The second-order valence-electron chi connectivity index (χ2n) is 6.53. The number of ether oxygens (including phenoxy) is 2. The minimum absolute atomic E-state index is 0.150. The third-order valence-corrected chi connectivity index (χ3v) is 4.63. The van der Waals surface area contributed by atoms with Crippen molar-refractivity contribution in [2.24, 2.45) is 0 Å². The fourth-order valence-electron chi connectivity index (χ4n) is 3.12. The molecule has 0 unspecified atom stereocenters. The van der Waals surface area contributed by atoms with Crippen LogP contribution in [0.25, 0.3) is 16.7 Å². The second kappa shape index (κ2) is 7.82. The molecule has 158 valence electrons. The molecule has 0 atom stereocenters. The summed E-state index contributed by atoms with van der Waals surface area (Å²) in [6.07, 6.45) is 1.30. The predicted octanol–water partition coefficient (Wildman–Crippen LogP) is 2.83. The Balaban J connectivity index is 1.74. The average molecular weight is 424 g/mol. The number of amides is 1. The van der Waals surface area contributed by atoms with Gasteiger partial charge >= 0.3 is 0 Å². The van der Waals surface area contributed by atoms with Gasteiger partial charge in [-0.15, -0.1) is 0 Å². The van der Waals surface area contributed by atoms with Gasteiger partial charge in [-0.05, 0) is 24.3 Å². The van der Waals surface area contributed by atoms with Crippen LogP contribution in [-0.2, 0) is 0 Å². The smallest absolute Gasteiger partial charge is 0.266 e. The van der Waals surface area contributed by atoms with E-state index in [0.29, 0.717) is 22.9 Å². The normalized spacial score (nSPS) is 10.8. The number of hydrogen-bond donors (Lipinski definition) is 3. The highest BCUT2D eigenvalue weighted by Gasteiger charge is 2.22. The van der Waals surface area contributed by atoms with Gasteiger partial charge in [0.2, 0.25) is 0 Å². The minimum Gasteiger partial charge on any atom is -0.506 e. The van der Waals surface area contributed by atoms with Gasteiger partial charge in [-0.25, -0.2) is 9.07 Å². The van der Waals surface area contributed by atoms with Gasteiger partial charge < -0.3 is 24.9 Å². The van der Waals surface area contributed by atoms with Gasteiger partial charge in [-0.2, -0.15) is 5.10 Å². The Morgan fingerprint density at radius 1 is 1.13 bits per heavy atom. The number of aromatic amines is 1. The van der Waals surface area contributed by atoms with Crippen LogP contribution >= 0.6 is 0 Å². The molecule has 0 saturated heterocycles. The molecule has 10 heteroatoms. The summed E-state index contributed by atoms with van der Waals surface area (Å²) in [4.78, 5) is 28.0. The van der Waals surface area contributed by atoms with Crippen molar-refractivity contribution < 1.29 is 23.8 Å². The number of carbonyl (C=O) groups excluding carboxylic acids is 1. The van der Waals surface area contributed by atoms with E-state index in [1.54, 1.807) is 6.07 Å². The molecular weight excluding hydrogens is 407 g/mol. The van der Waals surface area contributed by atoms with Crippen molar-refractivity contribution in [2.75, 3.05) is 19.5 Å². The van der Waals surface area contributed by atoms with Crippen molar-refractivity contribution in [3.8, 4) is 22.9 Å². The zero-order valence-electron chi connectivity index (χ0n) is 16.5. The van der Waals surface area contributed by atoms with Crippen LogP contribution in [0.5, 0.6) is 17.2 Å². The number of nitrogens with zero attached hydrogens (tertiary/aromatic N) is 2. The number of rotatable bonds is 5. The van der Waals surface area contributed by atoms with Crippen LogP contribution in [0.1, 0.15) is 10.4 Å². The monoisotopic (exact) mass is 424 g/mol. The number of fused-ring (bicyclic) bond motifs is 1. The van der Waals surface area contributed by atoms with E-state index in [2.05, 4.69) is 15.4 Å². The molecule has 0 saturated carbocycles. The first-order valence-corrected chi connectivity index (χ1v) is 9.04. The van der Waals surface area contributed by atoms with Crippen molar-refractivity contribution in [1.82, 2.24) is 14.8 Å². The van der Waals surface area contributed by atoms with Gasteiger partial charge in [0.25, 0.3) is 11.5 Å². The first-order valence-electron chi connectivity index (χ1n) is 9.04. The molecule has 2 aromatic carbocycles. The Hall–Kier alpha value is -4.34. The summed E-state index contributed by atoms with van der Waals surface area (Å²) in [7, 11) is 2.92. The summed E-state index contributed by atoms with van der Waals surface area (Å²) in [6.45, 7) is 0. The molecule has 0 radical (unpaired) electrons. The molecule has 0 aliphatic heterocycles. The zero-order chi connectivity index (χ0) is 22.1. The third-order valence-electron chi connectivity index (χ3n) is 4.63. The largest absolute Gasteiger partial charge is 0.506 e. The number of nitrogens with one attached hydrogen (secondary N) is 2. The van der Waals surface area contributed by atoms with E-state index >= 15 is 0 Å². The molecule has 0 fully saturated rings. The number of carbonyl (C=O) groups is 1. The number of hydrogen-bond acceptors (Lipinski definition) is 6. The summed E-state index contributed by atoms with van der Waals surface area (Å²) in [6, 6.07) is 10.1. The fraction of sp³-hybridized carbons (Fsp3) is 0.0952. The molecule has 0 aliphatic rings. The molecule has 3 N–H and O–H groups in total. The quantitative estimate of drug-likeness (QED) is 0.453. The van der Waals surface area contributed by atoms with E-state index in [0.717, 1.165) is 0 Å². The Labute approximate surface area is 174 Å². The van der Waals surface area contributed by atoms with Crippen LogP contribution in [0.2, 0.25) is 0 Å². The number of pyridine rings is 1. The lowest BCUT2D eigenvalue weighted by molar-refractivity contribution is 0.102. The van der Waals surface area contributed by atoms with E-state index in [-0.39, 0.29) is 11.0 Å². The number of halogens is 1. The van der Waals surface area contributed by atoms with Crippen molar-refractivity contribution in [1.29, 1.82) is 0 Å². The van der Waals surface area contributed by atoms with Crippen molar-refractivity contribution >= 4 is 22.6 Å². The lowest BCUT2D eigenvalue weighted by atomic mass is 10.2. The summed E-state index contributed by atoms with van der Waals surface area (Å²) >= 11 is 0. The predicted molar refractivity (Wildman–Crippen MR) is 111 cm³/mol. The summed E-state index contributed by atoms with van der Waals surface area (Å²) in [5.74, 6) is -0.915. The van der Waals surface area contributed by atoms with E-state index in [1.807, 2.05) is 0 Å². The molecule has 0 spiro atoms. The van der Waals surface area contributed by atoms with Gasteiger partial charge in [0.1, 0.15) is 34.3 Å². The molecule has 2 aromatic heterocycles. The maximum atomic E-state index is 13.2. The highest BCUT2D eigenvalue weighted by atomic mass is 19.1. The van der Waals surface area contributed by atoms with Crippen molar-refractivity contribution in [2.45, 2.75) is 0 Å². The van der Waals surface area contributed by atoms with Gasteiger partial charge in [0.05, 0.1) is 31.5 Å². The molecule has 0 aliphatic carbocycles. The first kappa shape index (κ1) is 20.0. The van der Waals surface area contributed by atoms with Gasteiger partial charge in [0.15, 0.2) is 0 Å². The number of aromatic nitrogens is 3.